The number of rotatable bonds is 5. The maximum Gasteiger partial charge on any atom is 0.119 e. The monoisotopic (exact) mass is 339 g/mol. The smallest absolute Gasteiger partial charge is 0.119 e. The van der Waals surface area contributed by atoms with Crippen LogP contribution in [0.25, 0.3) is 0 Å². The molecule has 0 amide bonds. The van der Waals surface area contributed by atoms with E-state index in [4.69, 9.17) is 16.3 Å². The maximum absolute atomic E-state index is 6.17. The van der Waals surface area contributed by atoms with Crippen molar-refractivity contribution in [2.24, 2.45) is 0 Å². The first-order valence-electron chi connectivity index (χ1n) is 5.96. The second kappa shape index (κ2) is 6.94. The van der Waals surface area contributed by atoms with Gasteiger partial charge in [0, 0.05) is 22.6 Å². The van der Waals surface area contributed by atoms with Gasteiger partial charge in [-0.05, 0) is 35.4 Å². The van der Waals surface area contributed by atoms with Crippen molar-refractivity contribution in [3.05, 3.63) is 63.1 Å². The molecular weight excluding hydrogens is 326 g/mol. The Balaban J connectivity index is 1.92. The van der Waals surface area contributed by atoms with Gasteiger partial charge in [0.15, 0.2) is 0 Å². The van der Waals surface area contributed by atoms with E-state index in [1.807, 2.05) is 36.4 Å². The molecule has 0 aliphatic carbocycles. The van der Waals surface area contributed by atoms with Crippen molar-refractivity contribution in [3.63, 3.8) is 0 Å². The summed E-state index contributed by atoms with van der Waals surface area (Å²) in [5.41, 5.74) is 2.28. The SMILES string of the molecule is COc1cccc(CNCc2ccc(Br)cc2Cl)c1. The number of hydrogen-bond acceptors (Lipinski definition) is 2. The van der Waals surface area contributed by atoms with Crippen LogP contribution in [0.1, 0.15) is 11.1 Å². The van der Waals surface area contributed by atoms with Crippen LogP contribution in [-0.4, -0.2) is 7.11 Å². The van der Waals surface area contributed by atoms with Crippen molar-refractivity contribution >= 4 is 27.5 Å². The lowest BCUT2D eigenvalue weighted by atomic mass is 10.2. The molecule has 0 unspecified atom stereocenters. The van der Waals surface area contributed by atoms with E-state index in [2.05, 4.69) is 27.3 Å². The molecule has 0 spiro atoms. The van der Waals surface area contributed by atoms with E-state index < -0.39 is 0 Å². The van der Waals surface area contributed by atoms with Gasteiger partial charge in [0.25, 0.3) is 0 Å². The zero-order valence-electron chi connectivity index (χ0n) is 10.6. The summed E-state index contributed by atoms with van der Waals surface area (Å²) < 4.78 is 6.19. The number of hydrogen-bond donors (Lipinski definition) is 1. The summed E-state index contributed by atoms with van der Waals surface area (Å²) in [6, 6.07) is 13.9. The molecule has 2 aromatic carbocycles. The van der Waals surface area contributed by atoms with E-state index in [9.17, 15) is 0 Å². The predicted molar refractivity (Wildman–Crippen MR) is 82.7 cm³/mol. The van der Waals surface area contributed by atoms with Crippen molar-refractivity contribution in [1.29, 1.82) is 0 Å². The molecule has 0 aromatic heterocycles. The summed E-state index contributed by atoms with van der Waals surface area (Å²) in [4.78, 5) is 0. The van der Waals surface area contributed by atoms with Crippen LogP contribution in [0.15, 0.2) is 46.9 Å². The molecule has 2 rings (SSSR count). The average Bonchev–Trinajstić information content (AvgIpc) is 2.41. The first kappa shape index (κ1) is 14.4. The van der Waals surface area contributed by atoms with E-state index in [-0.39, 0.29) is 0 Å². The summed E-state index contributed by atoms with van der Waals surface area (Å²) in [5.74, 6) is 0.876. The summed E-state index contributed by atoms with van der Waals surface area (Å²) in [6.45, 7) is 1.52. The lowest BCUT2D eigenvalue weighted by molar-refractivity contribution is 0.414. The third-order valence-electron chi connectivity index (χ3n) is 2.79. The minimum Gasteiger partial charge on any atom is -0.497 e. The molecule has 0 aliphatic heterocycles. The highest BCUT2D eigenvalue weighted by molar-refractivity contribution is 9.10. The van der Waals surface area contributed by atoms with Crippen LogP contribution in [-0.2, 0) is 13.1 Å². The average molecular weight is 341 g/mol. The molecular formula is C15H15BrClNO. The summed E-state index contributed by atoms with van der Waals surface area (Å²) in [7, 11) is 1.67. The van der Waals surface area contributed by atoms with Gasteiger partial charge in [0.05, 0.1) is 7.11 Å². The van der Waals surface area contributed by atoms with Gasteiger partial charge >= 0.3 is 0 Å². The molecule has 0 fully saturated rings. The van der Waals surface area contributed by atoms with Gasteiger partial charge in [0.1, 0.15) is 5.75 Å². The van der Waals surface area contributed by atoms with Crippen LogP contribution in [0.3, 0.4) is 0 Å². The molecule has 4 heteroatoms. The molecule has 0 heterocycles. The second-order valence-corrected chi connectivity index (χ2v) is 5.51. The molecule has 2 nitrogen and oxygen atoms in total. The Labute approximate surface area is 126 Å². The molecule has 19 heavy (non-hydrogen) atoms. The minimum atomic E-state index is 0.739. The second-order valence-electron chi connectivity index (χ2n) is 4.19. The minimum absolute atomic E-state index is 0.739. The molecule has 0 saturated carbocycles. The first-order valence-corrected chi connectivity index (χ1v) is 7.13. The molecule has 0 aliphatic rings. The van der Waals surface area contributed by atoms with E-state index in [0.29, 0.717) is 0 Å². The van der Waals surface area contributed by atoms with Crippen LogP contribution in [0.5, 0.6) is 5.75 Å². The fourth-order valence-electron chi connectivity index (χ4n) is 1.79. The lowest BCUT2D eigenvalue weighted by Gasteiger charge is -2.08. The van der Waals surface area contributed by atoms with Gasteiger partial charge < -0.3 is 10.1 Å². The maximum atomic E-state index is 6.17. The third kappa shape index (κ3) is 4.23. The van der Waals surface area contributed by atoms with E-state index in [1.54, 1.807) is 7.11 Å². The first-order chi connectivity index (χ1) is 9.19. The zero-order chi connectivity index (χ0) is 13.7. The lowest BCUT2D eigenvalue weighted by Crippen LogP contribution is -2.13. The Morgan fingerprint density at radius 3 is 2.74 bits per heavy atom. The number of halogens is 2. The Bertz CT molecular complexity index is 560. The van der Waals surface area contributed by atoms with Gasteiger partial charge in [-0.2, -0.15) is 0 Å². The molecule has 0 saturated heterocycles. The molecule has 0 bridgehead atoms. The normalized spacial score (nSPS) is 10.5. The molecule has 100 valence electrons. The Hall–Kier alpha value is -1.03. The Morgan fingerprint density at radius 1 is 1.16 bits per heavy atom. The van der Waals surface area contributed by atoms with Crippen molar-refractivity contribution in [2.45, 2.75) is 13.1 Å². The third-order valence-corrected chi connectivity index (χ3v) is 3.64. The number of benzene rings is 2. The topological polar surface area (TPSA) is 21.3 Å². The molecule has 2 aromatic rings. The van der Waals surface area contributed by atoms with Gasteiger partial charge in [-0.15, -0.1) is 0 Å². The van der Waals surface area contributed by atoms with Crippen LogP contribution in [0.4, 0.5) is 0 Å². The van der Waals surface area contributed by atoms with Gasteiger partial charge in [-0.25, -0.2) is 0 Å². The van der Waals surface area contributed by atoms with Crippen molar-refractivity contribution in [3.8, 4) is 5.75 Å². The number of nitrogens with one attached hydrogen (secondary N) is 1. The van der Waals surface area contributed by atoms with Crippen LogP contribution < -0.4 is 10.1 Å². The van der Waals surface area contributed by atoms with E-state index in [1.165, 1.54) is 5.56 Å². The van der Waals surface area contributed by atoms with Crippen molar-refractivity contribution < 1.29 is 4.74 Å². The van der Waals surface area contributed by atoms with Gasteiger partial charge in [0.2, 0.25) is 0 Å². The van der Waals surface area contributed by atoms with E-state index in [0.717, 1.165) is 33.9 Å². The number of ether oxygens (including phenoxy) is 1. The molecule has 0 atom stereocenters. The van der Waals surface area contributed by atoms with Crippen LogP contribution in [0.2, 0.25) is 5.02 Å². The largest absolute Gasteiger partial charge is 0.497 e. The highest BCUT2D eigenvalue weighted by Crippen LogP contribution is 2.21. The highest BCUT2D eigenvalue weighted by Gasteiger charge is 2.01. The van der Waals surface area contributed by atoms with Gasteiger partial charge in [-0.3, -0.25) is 0 Å². The van der Waals surface area contributed by atoms with Gasteiger partial charge in [-0.1, -0.05) is 45.7 Å². The van der Waals surface area contributed by atoms with Crippen LogP contribution >= 0.6 is 27.5 Å². The standard InChI is InChI=1S/C15H15BrClNO/c1-19-14-4-2-3-11(7-14)9-18-10-12-5-6-13(16)8-15(12)17/h2-8,18H,9-10H2,1H3. The quantitative estimate of drug-likeness (QED) is 0.871. The predicted octanol–water partition coefficient (Wildman–Crippen LogP) is 4.40. The molecule has 1 N–H and O–H groups in total. The Kier molecular flexibility index (Phi) is 5.25. The Morgan fingerprint density at radius 2 is 2.00 bits per heavy atom. The van der Waals surface area contributed by atoms with E-state index >= 15 is 0 Å². The summed E-state index contributed by atoms with van der Waals surface area (Å²) in [6.07, 6.45) is 0. The summed E-state index contributed by atoms with van der Waals surface area (Å²) >= 11 is 9.57. The van der Waals surface area contributed by atoms with Crippen molar-refractivity contribution in [2.75, 3.05) is 7.11 Å². The van der Waals surface area contributed by atoms with Crippen LogP contribution in [0, 0.1) is 0 Å². The highest BCUT2D eigenvalue weighted by atomic mass is 79.9. The molecule has 0 radical (unpaired) electrons. The fraction of sp³-hybridized carbons (Fsp3) is 0.200. The van der Waals surface area contributed by atoms with Crippen molar-refractivity contribution in [1.82, 2.24) is 5.32 Å². The number of methoxy groups -OCH3 is 1. The fourth-order valence-corrected chi connectivity index (χ4v) is 2.53. The zero-order valence-corrected chi connectivity index (χ0v) is 13.0. The summed E-state index contributed by atoms with van der Waals surface area (Å²) in [5, 5.41) is 4.15.